The van der Waals surface area contributed by atoms with Gasteiger partial charge in [0, 0.05) is 12.1 Å². The highest BCUT2D eigenvalue weighted by molar-refractivity contribution is 7.53. The van der Waals surface area contributed by atoms with Crippen molar-refractivity contribution in [2.45, 2.75) is 26.4 Å². The fourth-order valence-corrected chi connectivity index (χ4v) is 3.91. The van der Waals surface area contributed by atoms with Gasteiger partial charge in [-0.05, 0) is 38.5 Å². The van der Waals surface area contributed by atoms with Crippen molar-refractivity contribution in [2.24, 2.45) is 0 Å². The SMILES string of the molecule is CCOP(=O)(CC(C)(O)c1ccc([N+](=O)[O-])cc1)OCC. The first-order valence-corrected chi connectivity index (χ1v) is 8.32. The average molecular weight is 317 g/mol. The first-order valence-electron chi connectivity index (χ1n) is 6.59. The maximum absolute atomic E-state index is 12.5. The van der Waals surface area contributed by atoms with E-state index in [4.69, 9.17) is 9.05 Å². The van der Waals surface area contributed by atoms with Crippen LogP contribution in [0.3, 0.4) is 0 Å². The molecule has 0 bridgehead atoms. The van der Waals surface area contributed by atoms with E-state index in [0.717, 1.165) is 0 Å². The van der Waals surface area contributed by atoms with Crippen molar-refractivity contribution in [3.63, 3.8) is 0 Å². The second-order valence-electron chi connectivity index (χ2n) is 4.68. The predicted octanol–water partition coefficient (Wildman–Crippen LogP) is 3.07. The van der Waals surface area contributed by atoms with E-state index in [1.165, 1.54) is 31.2 Å². The monoisotopic (exact) mass is 317 g/mol. The molecule has 8 heteroatoms. The van der Waals surface area contributed by atoms with Crippen LogP contribution in [0.5, 0.6) is 0 Å². The molecular weight excluding hydrogens is 297 g/mol. The molecule has 118 valence electrons. The minimum absolute atomic E-state index is 0.0765. The number of hydrogen-bond acceptors (Lipinski definition) is 6. The van der Waals surface area contributed by atoms with Gasteiger partial charge in [0.05, 0.1) is 29.9 Å². The average Bonchev–Trinajstić information content (AvgIpc) is 2.38. The van der Waals surface area contributed by atoms with E-state index >= 15 is 0 Å². The van der Waals surface area contributed by atoms with Crippen LogP contribution in [0.2, 0.25) is 0 Å². The van der Waals surface area contributed by atoms with Gasteiger partial charge in [-0.25, -0.2) is 0 Å². The summed E-state index contributed by atoms with van der Waals surface area (Å²) in [5.74, 6) is 0. The summed E-state index contributed by atoms with van der Waals surface area (Å²) < 4.78 is 22.8. The van der Waals surface area contributed by atoms with E-state index in [1.807, 2.05) is 0 Å². The zero-order chi connectivity index (χ0) is 16.1. The largest absolute Gasteiger partial charge is 0.385 e. The van der Waals surface area contributed by atoms with Crippen molar-refractivity contribution in [2.75, 3.05) is 19.4 Å². The third-order valence-corrected chi connectivity index (χ3v) is 5.16. The summed E-state index contributed by atoms with van der Waals surface area (Å²) in [5.41, 5.74) is -1.14. The molecule has 0 aliphatic rings. The molecule has 1 unspecified atom stereocenters. The number of hydrogen-bond donors (Lipinski definition) is 1. The van der Waals surface area contributed by atoms with Gasteiger partial charge in [0.25, 0.3) is 5.69 Å². The second kappa shape index (κ2) is 7.13. The van der Waals surface area contributed by atoms with Gasteiger partial charge in [0.1, 0.15) is 0 Å². The third-order valence-electron chi connectivity index (χ3n) is 2.85. The van der Waals surface area contributed by atoms with E-state index in [0.29, 0.717) is 5.56 Å². The Morgan fingerprint density at radius 3 is 2.10 bits per heavy atom. The van der Waals surface area contributed by atoms with Crippen LogP contribution in [0.15, 0.2) is 24.3 Å². The van der Waals surface area contributed by atoms with Crippen LogP contribution in [0.1, 0.15) is 26.3 Å². The summed E-state index contributed by atoms with van der Waals surface area (Å²) >= 11 is 0. The standard InChI is InChI=1S/C13H20NO6P/c1-4-19-21(18,20-5-2)10-13(3,15)11-6-8-12(9-7-11)14(16)17/h6-9,15H,4-5,10H2,1-3H3. The fourth-order valence-electron chi connectivity index (χ4n) is 1.93. The molecule has 0 fully saturated rings. The van der Waals surface area contributed by atoms with Crippen LogP contribution in [-0.4, -0.2) is 29.4 Å². The highest BCUT2D eigenvalue weighted by Gasteiger charge is 2.36. The number of rotatable bonds is 8. The molecule has 0 heterocycles. The number of nitro groups is 1. The molecule has 0 amide bonds. The molecule has 0 saturated heterocycles. The summed E-state index contributed by atoms with van der Waals surface area (Å²) in [4.78, 5) is 10.1. The highest BCUT2D eigenvalue weighted by atomic mass is 31.2. The topological polar surface area (TPSA) is 98.9 Å². The van der Waals surface area contributed by atoms with E-state index in [9.17, 15) is 19.8 Å². The lowest BCUT2D eigenvalue weighted by atomic mass is 9.98. The van der Waals surface area contributed by atoms with E-state index < -0.39 is 18.1 Å². The Morgan fingerprint density at radius 2 is 1.71 bits per heavy atom. The van der Waals surface area contributed by atoms with Gasteiger partial charge in [-0.3, -0.25) is 14.7 Å². The Balaban J connectivity index is 2.98. The second-order valence-corrected chi connectivity index (χ2v) is 6.74. The third kappa shape index (κ3) is 4.89. The molecule has 21 heavy (non-hydrogen) atoms. The molecule has 0 saturated carbocycles. The Bertz CT molecular complexity index is 518. The van der Waals surface area contributed by atoms with Gasteiger partial charge in [-0.1, -0.05) is 0 Å². The summed E-state index contributed by atoms with van der Waals surface area (Å²) in [6, 6.07) is 5.44. The summed E-state index contributed by atoms with van der Waals surface area (Å²) in [5, 5.41) is 21.1. The van der Waals surface area contributed by atoms with Crippen LogP contribution < -0.4 is 0 Å². The molecule has 0 aliphatic carbocycles. The zero-order valence-electron chi connectivity index (χ0n) is 12.3. The molecule has 0 aromatic heterocycles. The van der Waals surface area contributed by atoms with Gasteiger partial charge in [0.15, 0.2) is 0 Å². The predicted molar refractivity (Wildman–Crippen MR) is 78.4 cm³/mol. The normalized spacial score (nSPS) is 14.7. The lowest BCUT2D eigenvalue weighted by molar-refractivity contribution is -0.384. The summed E-state index contributed by atoms with van der Waals surface area (Å²) in [6.45, 7) is 5.25. The van der Waals surface area contributed by atoms with Crippen molar-refractivity contribution < 1.29 is 23.6 Å². The Morgan fingerprint density at radius 1 is 1.24 bits per heavy atom. The molecule has 1 aromatic carbocycles. The number of benzene rings is 1. The molecule has 1 atom stereocenters. The maximum atomic E-state index is 12.5. The van der Waals surface area contributed by atoms with E-state index in [1.54, 1.807) is 13.8 Å². The Hall–Kier alpha value is -1.27. The lowest BCUT2D eigenvalue weighted by Crippen LogP contribution is -2.27. The van der Waals surface area contributed by atoms with Gasteiger partial charge >= 0.3 is 7.60 Å². The molecule has 1 rings (SSSR count). The lowest BCUT2D eigenvalue weighted by Gasteiger charge is -2.28. The van der Waals surface area contributed by atoms with Crippen molar-refractivity contribution in [3.8, 4) is 0 Å². The van der Waals surface area contributed by atoms with Gasteiger partial charge in [-0.2, -0.15) is 0 Å². The minimum Gasteiger partial charge on any atom is -0.385 e. The number of non-ortho nitro benzene ring substituents is 1. The van der Waals surface area contributed by atoms with E-state index in [2.05, 4.69) is 0 Å². The summed E-state index contributed by atoms with van der Waals surface area (Å²) in [7, 11) is -3.42. The van der Waals surface area contributed by atoms with E-state index in [-0.39, 0.29) is 25.1 Å². The van der Waals surface area contributed by atoms with Crippen LogP contribution in [0.4, 0.5) is 5.69 Å². The van der Waals surface area contributed by atoms with Gasteiger partial charge in [0.2, 0.25) is 0 Å². The van der Waals surface area contributed by atoms with Crippen molar-refractivity contribution >= 4 is 13.3 Å². The molecule has 0 aliphatic heterocycles. The number of nitro benzene ring substituents is 1. The number of aliphatic hydroxyl groups is 1. The first-order chi connectivity index (χ1) is 9.74. The van der Waals surface area contributed by atoms with Crippen molar-refractivity contribution in [1.29, 1.82) is 0 Å². The fraction of sp³-hybridized carbons (Fsp3) is 0.538. The molecule has 0 radical (unpaired) electrons. The molecule has 7 nitrogen and oxygen atoms in total. The number of nitrogens with zero attached hydrogens (tertiary/aromatic N) is 1. The van der Waals surface area contributed by atoms with Gasteiger partial charge < -0.3 is 14.2 Å². The Kier molecular flexibility index (Phi) is 6.04. The van der Waals surface area contributed by atoms with Gasteiger partial charge in [-0.15, -0.1) is 0 Å². The van der Waals surface area contributed by atoms with Crippen LogP contribution in [-0.2, 0) is 19.2 Å². The molecule has 1 N–H and O–H groups in total. The highest BCUT2D eigenvalue weighted by Crippen LogP contribution is 2.52. The first kappa shape index (κ1) is 17.8. The molecule has 1 aromatic rings. The van der Waals surface area contributed by atoms with Crippen LogP contribution in [0, 0.1) is 10.1 Å². The Labute approximate surface area is 123 Å². The van der Waals surface area contributed by atoms with Crippen LogP contribution in [0.25, 0.3) is 0 Å². The molecule has 0 spiro atoms. The van der Waals surface area contributed by atoms with Crippen molar-refractivity contribution in [1.82, 2.24) is 0 Å². The van der Waals surface area contributed by atoms with Crippen LogP contribution >= 0.6 is 7.60 Å². The minimum atomic E-state index is -3.42. The smallest absolute Gasteiger partial charge is 0.333 e. The molecular formula is C13H20NO6P. The quantitative estimate of drug-likeness (QED) is 0.449. The van der Waals surface area contributed by atoms with Crippen molar-refractivity contribution in [3.05, 3.63) is 39.9 Å². The maximum Gasteiger partial charge on any atom is 0.333 e. The zero-order valence-corrected chi connectivity index (χ0v) is 13.2. The summed E-state index contributed by atoms with van der Waals surface area (Å²) in [6.07, 6.45) is -0.223.